The average Bonchev–Trinajstić information content (AvgIpc) is 2.39. The largest absolute Gasteiger partial charge is 0.496 e. The van der Waals surface area contributed by atoms with Gasteiger partial charge in [-0.25, -0.2) is 4.79 Å². The van der Waals surface area contributed by atoms with Crippen LogP contribution >= 0.6 is 11.6 Å². The van der Waals surface area contributed by atoms with Gasteiger partial charge in [-0.2, -0.15) is 0 Å². The first kappa shape index (κ1) is 9.81. The van der Waals surface area contributed by atoms with Crippen LogP contribution in [0.3, 0.4) is 0 Å². The topological polar surface area (TPSA) is 59.4 Å². The van der Waals surface area contributed by atoms with Gasteiger partial charge in [0.25, 0.3) is 0 Å². The molecule has 0 aliphatic carbocycles. The summed E-state index contributed by atoms with van der Waals surface area (Å²) in [7, 11) is -2.66. The first-order chi connectivity index (χ1) is 10.2. The second kappa shape index (κ2) is 5.28. The molecule has 19 heavy (non-hydrogen) atoms. The van der Waals surface area contributed by atoms with Crippen LogP contribution < -0.4 is 4.74 Å². The van der Waals surface area contributed by atoms with E-state index < -0.39 is 13.0 Å². The number of benzene rings is 1. The number of aryl methyl sites for hydroxylation is 1. The summed E-state index contributed by atoms with van der Waals surface area (Å²) in [5, 5.41) is 9.62. The van der Waals surface area contributed by atoms with Crippen LogP contribution in [0, 0.1) is 6.92 Å². The summed E-state index contributed by atoms with van der Waals surface area (Å²) in [6.07, 6.45) is 1.22. The molecule has 1 N–H and O–H groups in total. The number of aromatic carboxylic acids is 1. The van der Waals surface area contributed by atoms with E-state index in [1.807, 2.05) is 0 Å². The smallest absolute Gasteiger partial charge is 0.337 e. The number of carbonyl (C=O) groups is 1. The Labute approximate surface area is 119 Å². The van der Waals surface area contributed by atoms with E-state index in [0.717, 1.165) is 0 Å². The van der Waals surface area contributed by atoms with Crippen LogP contribution in [0.1, 0.15) is 20.2 Å². The molecule has 0 aliphatic rings. The van der Waals surface area contributed by atoms with Gasteiger partial charge >= 0.3 is 5.97 Å². The van der Waals surface area contributed by atoms with Crippen LogP contribution in [0.25, 0.3) is 11.1 Å². The Morgan fingerprint density at radius 2 is 2.21 bits per heavy atom. The lowest BCUT2D eigenvalue weighted by atomic mass is 10.00. The summed E-state index contributed by atoms with van der Waals surface area (Å²) in [6, 6.07) is 5.87. The van der Waals surface area contributed by atoms with E-state index in [1.54, 1.807) is 13.0 Å². The van der Waals surface area contributed by atoms with Crippen molar-refractivity contribution >= 4 is 17.6 Å². The quantitative estimate of drug-likeness (QED) is 0.936. The molecule has 0 saturated carbocycles. The van der Waals surface area contributed by atoms with Gasteiger partial charge in [0.2, 0.25) is 0 Å². The Kier molecular flexibility index (Phi) is 2.73. The number of hydrogen-bond donors (Lipinski definition) is 1. The van der Waals surface area contributed by atoms with Crippen molar-refractivity contribution in [1.29, 1.82) is 0 Å². The zero-order valence-corrected chi connectivity index (χ0v) is 10.7. The number of carboxylic acid groups (broad SMARTS) is 1. The maximum Gasteiger partial charge on any atom is 0.337 e. The van der Waals surface area contributed by atoms with Gasteiger partial charge in [0, 0.05) is 28.0 Å². The SMILES string of the molecule is [2H]C([2H])([2H])Oc1ccc(Cl)cc1-c1cc(C)ncc1C(=O)O. The van der Waals surface area contributed by atoms with Crippen molar-refractivity contribution in [3.8, 4) is 16.9 Å². The number of hydrogen-bond acceptors (Lipinski definition) is 3. The monoisotopic (exact) mass is 280 g/mol. The summed E-state index contributed by atoms with van der Waals surface area (Å²) >= 11 is 5.95. The lowest BCUT2D eigenvalue weighted by Gasteiger charge is -2.12. The molecule has 0 radical (unpaired) electrons. The lowest BCUT2D eigenvalue weighted by Crippen LogP contribution is -2.02. The van der Waals surface area contributed by atoms with Gasteiger partial charge in [0.1, 0.15) is 5.75 Å². The Balaban J connectivity index is 2.68. The van der Waals surface area contributed by atoms with Gasteiger partial charge in [-0.15, -0.1) is 0 Å². The van der Waals surface area contributed by atoms with Crippen molar-refractivity contribution in [2.24, 2.45) is 0 Å². The molecule has 0 atom stereocenters. The molecular formula is C14H12ClNO3. The normalized spacial score (nSPS) is 13.3. The fourth-order valence-electron chi connectivity index (χ4n) is 1.75. The van der Waals surface area contributed by atoms with Gasteiger partial charge < -0.3 is 9.84 Å². The third-order valence-electron chi connectivity index (χ3n) is 2.61. The highest BCUT2D eigenvalue weighted by molar-refractivity contribution is 6.31. The summed E-state index contributed by atoms with van der Waals surface area (Å²) in [5.74, 6) is -1.15. The lowest BCUT2D eigenvalue weighted by molar-refractivity contribution is 0.0697. The van der Waals surface area contributed by atoms with E-state index in [1.165, 1.54) is 24.4 Å². The highest BCUT2D eigenvalue weighted by Crippen LogP contribution is 2.34. The third kappa shape index (κ3) is 2.69. The minimum Gasteiger partial charge on any atom is -0.496 e. The van der Waals surface area contributed by atoms with Crippen molar-refractivity contribution < 1.29 is 18.8 Å². The number of methoxy groups -OCH3 is 1. The maximum absolute atomic E-state index is 11.4. The van der Waals surface area contributed by atoms with Gasteiger partial charge in [-0.3, -0.25) is 4.98 Å². The molecule has 2 aromatic rings. The van der Waals surface area contributed by atoms with Crippen LogP contribution in [0.5, 0.6) is 5.75 Å². The molecule has 0 unspecified atom stereocenters. The Hall–Kier alpha value is -2.07. The van der Waals surface area contributed by atoms with Crippen molar-refractivity contribution in [3.05, 3.63) is 46.7 Å². The maximum atomic E-state index is 11.4. The molecule has 4 nitrogen and oxygen atoms in total. The van der Waals surface area contributed by atoms with Crippen molar-refractivity contribution in [3.63, 3.8) is 0 Å². The zero-order chi connectivity index (χ0) is 16.5. The van der Waals surface area contributed by atoms with Crippen LogP contribution in [-0.4, -0.2) is 23.1 Å². The molecule has 1 aromatic carbocycles. The van der Waals surface area contributed by atoms with Crippen molar-refractivity contribution in [2.75, 3.05) is 7.04 Å². The van der Waals surface area contributed by atoms with E-state index in [9.17, 15) is 9.90 Å². The minimum atomic E-state index is -2.66. The second-order valence-corrected chi connectivity index (χ2v) is 4.36. The number of carboxylic acids is 1. The second-order valence-electron chi connectivity index (χ2n) is 3.92. The first-order valence-corrected chi connectivity index (χ1v) is 5.74. The van der Waals surface area contributed by atoms with E-state index in [2.05, 4.69) is 4.98 Å². The van der Waals surface area contributed by atoms with Gasteiger partial charge in [0.05, 0.1) is 16.7 Å². The van der Waals surface area contributed by atoms with Crippen molar-refractivity contribution in [2.45, 2.75) is 6.92 Å². The highest BCUT2D eigenvalue weighted by Gasteiger charge is 2.16. The van der Waals surface area contributed by atoms with E-state index in [-0.39, 0.29) is 16.9 Å². The molecule has 1 heterocycles. The van der Waals surface area contributed by atoms with Gasteiger partial charge in [0.15, 0.2) is 0 Å². The van der Waals surface area contributed by atoms with Crippen LogP contribution in [0.4, 0.5) is 0 Å². The third-order valence-corrected chi connectivity index (χ3v) is 2.85. The zero-order valence-electron chi connectivity index (χ0n) is 13.0. The number of nitrogens with zero attached hydrogens (tertiary/aromatic N) is 1. The fourth-order valence-corrected chi connectivity index (χ4v) is 1.93. The predicted molar refractivity (Wildman–Crippen MR) is 72.9 cm³/mol. The summed E-state index contributed by atoms with van der Waals surface area (Å²) in [6.45, 7) is 1.70. The molecule has 0 spiro atoms. The molecule has 0 saturated heterocycles. The molecule has 2 rings (SSSR count). The molecule has 5 heteroatoms. The molecular weight excluding hydrogens is 266 g/mol. The summed E-state index contributed by atoms with van der Waals surface area (Å²) < 4.78 is 26.6. The molecule has 0 amide bonds. The predicted octanol–water partition coefficient (Wildman–Crippen LogP) is 3.42. The van der Waals surface area contributed by atoms with Crippen LogP contribution in [0.2, 0.25) is 5.02 Å². The van der Waals surface area contributed by atoms with E-state index in [4.69, 9.17) is 20.5 Å². The number of halogens is 1. The molecule has 1 aromatic heterocycles. The number of rotatable bonds is 3. The molecule has 0 aliphatic heterocycles. The Morgan fingerprint density at radius 3 is 2.89 bits per heavy atom. The number of aromatic nitrogens is 1. The molecule has 0 bridgehead atoms. The van der Waals surface area contributed by atoms with Crippen LogP contribution in [-0.2, 0) is 0 Å². The van der Waals surface area contributed by atoms with Gasteiger partial charge in [-0.05, 0) is 31.2 Å². The van der Waals surface area contributed by atoms with Crippen molar-refractivity contribution in [1.82, 2.24) is 4.98 Å². The van der Waals surface area contributed by atoms with E-state index in [0.29, 0.717) is 16.3 Å². The van der Waals surface area contributed by atoms with Gasteiger partial charge in [-0.1, -0.05) is 11.6 Å². The molecule has 98 valence electrons. The van der Waals surface area contributed by atoms with E-state index >= 15 is 0 Å². The van der Waals surface area contributed by atoms with Crippen LogP contribution in [0.15, 0.2) is 30.5 Å². The Bertz CT molecular complexity index is 732. The molecule has 0 fully saturated rings. The summed E-state index contributed by atoms with van der Waals surface area (Å²) in [5.41, 5.74) is 1.09. The fraction of sp³-hybridized carbons (Fsp3) is 0.143. The standard InChI is InChI=1S/C14H12ClNO3/c1-8-5-10(12(7-16-8)14(17)18)11-6-9(15)3-4-13(11)19-2/h3-7H,1-2H3,(H,17,18)/i2D3. The minimum absolute atomic E-state index is 0.0255. The summed E-state index contributed by atoms with van der Waals surface area (Å²) in [4.78, 5) is 15.3. The number of ether oxygens (including phenoxy) is 1. The average molecular weight is 281 g/mol. The number of pyridine rings is 1. The Morgan fingerprint density at radius 1 is 1.42 bits per heavy atom. The highest BCUT2D eigenvalue weighted by atomic mass is 35.5. The first-order valence-electron chi connectivity index (χ1n) is 6.86.